The third kappa shape index (κ3) is 3.07. The molecule has 1 N–H and O–H groups in total. The van der Waals surface area contributed by atoms with E-state index in [1.54, 1.807) is 18.9 Å². The van der Waals surface area contributed by atoms with Gasteiger partial charge >= 0.3 is 0 Å². The third-order valence-electron chi connectivity index (χ3n) is 2.37. The van der Waals surface area contributed by atoms with Crippen molar-refractivity contribution in [3.8, 4) is 5.75 Å². The van der Waals surface area contributed by atoms with Gasteiger partial charge in [-0.15, -0.1) is 0 Å². The number of hydrogen-bond donors (Lipinski definition) is 1. The van der Waals surface area contributed by atoms with Gasteiger partial charge in [-0.2, -0.15) is 0 Å². The summed E-state index contributed by atoms with van der Waals surface area (Å²) in [5.41, 5.74) is 0.957. The highest BCUT2D eigenvalue weighted by atomic mass is 35.5. The summed E-state index contributed by atoms with van der Waals surface area (Å²) >= 11 is 7.70. The highest BCUT2D eigenvalue weighted by Crippen LogP contribution is 2.31. The van der Waals surface area contributed by atoms with E-state index in [2.05, 4.69) is 24.2 Å². The Bertz CT molecular complexity index is 460. The number of benzene rings is 1. The maximum atomic E-state index is 5.97. The van der Waals surface area contributed by atoms with Crippen LogP contribution in [0.3, 0.4) is 0 Å². The predicted molar refractivity (Wildman–Crippen MR) is 75.6 cm³/mol. The molecule has 1 aliphatic rings. The number of aliphatic imine (C=N–C) groups is 1. The van der Waals surface area contributed by atoms with Gasteiger partial charge in [-0.1, -0.05) is 23.4 Å². The van der Waals surface area contributed by atoms with Crippen LogP contribution < -0.4 is 10.1 Å². The molecule has 2 rings (SSSR count). The Morgan fingerprint density at radius 2 is 2.24 bits per heavy atom. The average Bonchev–Trinajstić information content (AvgIpc) is 2.61. The van der Waals surface area contributed by atoms with Gasteiger partial charge in [0.25, 0.3) is 0 Å². The number of nitrogens with zero attached hydrogens (tertiary/aromatic N) is 1. The summed E-state index contributed by atoms with van der Waals surface area (Å²) < 4.78 is 5.17. The molecule has 0 atom stereocenters. The molecule has 0 aliphatic carbocycles. The quantitative estimate of drug-likeness (QED) is 0.891. The first-order chi connectivity index (χ1) is 8.00. The van der Waals surface area contributed by atoms with Crippen molar-refractivity contribution in [1.29, 1.82) is 0 Å². The largest absolute Gasteiger partial charge is 0.495 e. The van der Waals surface area contributed by atoms with E-state index in [9.17, 15) is 0 Å². The monoisotopic (exact) mass is 270 g/mol. The summed E-state index contributed by atoms with van der Waals surface area (Å²) in [5.74, 6) is 1.67. The fourth-order valence-electron chi connectivity index (χ4n) is 1.51. The number of ether oxygens (including phenoxy) is 1. The van der Waals surface area contributed by atoms with Crippen molar-refractivity contribution in [1.82, 2.24) is 0 Å². The van der Waals surface area contributed by atoms with Gasteiger partial charge in [0.05, 0.1) is 17.7 Å². The fourth-order valence-corrected chi connectivity index (χ4v) is 2.76. The van der Waals surface area contributed by atoms with Gasteiger partial charge in [0.1, 0.15) is 5.75 Å². The summed E-state index contributed by atoms with van der Waals surface area (Å²) in [7, 11) is 1.61. The maximum Gasteiger partial charge on any atom is 0.161 e. The molecule has 0 saturated carbocycles. The van der Waals surface area contributed by atoms with E-state index < -0.39 is 0 Å². The molecular weight excluding hydrogens is 256 g/mol. The van der Waals surface area contributed by atoms with E-state index >= 15 is 0 Å². The first-order valence-corrected chi connectivity index (χ1v) is 6.70. The van der Waals surface area contributed by atoms with E-state index in [1.807, 2.05) is 18.2 Å². The van der Waals surface area contributed by atoms with Gasteiger partial charge < -0.3 is 10.1 Å². The van der Waals surface area contributed by atoms with Crippen molar-refractivity contribution in [3.63, 3.8) is 0 Å². The van der Waals surface area contributed by atoms with Crippen LogP contribution in [-0.2, 0) is 0 Å². The van der Waals surface area contributed by atoms with Crippen LogP contribution in [0.15, 0.2) is 23.2 Å². The number of thioether (sulfide) groups is 1. The SMILES string of the molecule is COc1cc(NC2=NC(C)(C)CS2)ccc1Cl. The molecule has 0 bridgehead atoms. The lowest BCUT2D eigenvalue weighted by Crippen LogP contribution is -2.15. The van der Waals surface area contributed by atoms with Crippen LogP contribution in [0.1, 0.15) is 13.8 Å². The Morgan fingerprint density at radius 1 is 1.47 bits per heavy atom. The average molecular weight is 271 g/mol. The molecule has 1 aromatic rings. The van der Waals surface area contributed by atoms with Gasteiger partial charge in [-0.25, -0.2) is 0 Å². The minimum Gasteiger partial charge on any atom is -0.495 e. The zero-order valence-electron chi connectivity index (χ0n) is 10.1. The highest BCUT2D eigenvalue weighted by molar-refractivity contribution is 8.14. The van der Waals surface area contributed by atoms with Crippen LogP contribution in [0.5, 0.6) is 5.75 Å². The zero-order valence-corrected chi connectivity index (χ0v) is 11.7. The molecular formula is C12H15ClN2OS. The molecule has 1 aromatic carbocycles. The number of nitrogens with one attached hydrogen (secondary N) is 1. The highest BCUT2D eigenvalue weighted by Gasteiger charge is 2.25. The summed E-state index contributed by atoms with van der Waals surface area (Å²) in [4.78, 5) is 4.59. The predicted octanol–water partition coefficient (Wildman–Crippen LogP) is 3.64. The molecule has 0 amide bonds. The van der Waals surface area contributed by atoms with Crippen molar-refractivity contribution >= 4 is 34.2 Å². The van der Waals surface area contributed by atoms with Crippen molar-refractivity contribution in [2.24, 2.45) is 4.99 Å². The van der Waals surface area contributed by atoms with Crippen molar-refractivity contribution in [3.05, 3.63) is 23.2 Å². The van der Waals surface area contributed by atoms with Crippen LogP contribution in [0.2, 0.25) is 5.02 Å². The minimum atomic E-state index is 0.0174. The van der Waals surface area contributed by atoms with E-state index in [0.717, 1.165) is 16.6 Å². The first kappa shape index (κ1) is 12.6. The summed E-state index contributed by atoms with van der Waals surface area (Å²) in [6, 6.07) is 5.60. The van der Waals surface area contributed by atoms with Crippen molar-refractivity contribution in [2.45, 2.75) is 19.4 Å². The lowest BCUT2D eigenvalue weighted by molar-refractivity contribution is 0.415. The second kappa shape index (κ2) is 4.78. The maximum absolute atomic E-state index is 5.97. The summed E-state index contributed by atoms with van der Waals surface area (Å²) in [5, 5.41) is 4.83. The normalized spacial score (nSPS) is 17.8. The topological polar surface area (TPSA) is 33.6 Å². The summed E-state index contributed by atoms with van der Waals surface area (Å²) in [6.07, 6.45) is 0. The molecule has 0 fully saturated rings. The van der Waals surface area contributed by atoms with Crippen LogP contribution in [0, 0.1) is 0 Å². The van der Waals surface area contributed by atoms with Crippen LogP contribution in [0.4, 0.5) is 5.69 Å². The molecule has 17 heavy (non-hydrogen) atoms. The Labute approximate surface area is 111 Å². The fraction of sp³-hybridized carbons (Fsp3) is 0.417. The molecule has 92 valence electrons. The number of halogens is 1. The van der Waals surface area contributed by atoms with Gasteiger partial charge in [-0.3, -0.25) is 4.99 Å². The second-order valence-electron chi connectivity index (χ2n) is 4.49. The molecule has 0 radical (unpaired) electrons. The zero-order chi connectivity index (χ0) is 12.5. The van der Waals surface area contributed by atoms with Gasteiger partial charge in [0.2, 0.25) is 0 Å². The number of methoxy groups -OCH3 is 1. The standard InChI is InChI=1S/C12H15ClN2OS/c1-12(2)7-17-11(15-12)14-8-4-5-9(13)10(6-8)16-3/h4-6H,7H2,1-3H3,(H,14,15). The number of hydrogen-bond acceptors (Lipinski definition) is 4. The molecule has 5 heteroatoms. The van der Waals surface area contributed by atoms with Crippen LogP contribution >= 0.6 is 23.4 Å². The minimum absolute atomic E-state index is 0.0174. The molecule has 0 spiro atoms. The van der Waals surface area contributed by atoms with Gasteiger partial charge in [-0.05, 0) is 26.0 Å². The smallest absolute Gasteiger partial charge is 0.161 e. The van der Waals surface area contributed by atoms with E-state index in [4.69, 9.17) is 16.3 Å². The molecule has 0 saturated heterocycles. The Balaban J connectivity index is 2.15. The molecule has 3 nitrogen and oxygen atoms in total. The Kier molecular flexibility index (Phi) is 3.54. The van der Waals surface area contributed by atoms with Crippen molar-refractivity contribution in [2.75, 3.05) is 18.2 Å². The molecule has 0 aromatic heterocycles. The van der Waals surface area contributed by atoms with E-state index in [0.29, 0.717) is 10.8 Å². The molecule has 1 heterocycles. The lowest BCUT2D eigenvalue weighted by Gasteiger charge is -2.10. The molecule has 0 unspecified atom stereocenters. The van der Waals surface area contributed by atoms with E-state index in [1.165, 1.54) is 0 Å². The third-order valence-corrected chi connectivity index (χ3v) is 4.00. The van der Waals surface area contributed by atoms with Gasteiger partial charge in [0.15, 0.2) is 5.17 Å². The van der Waals surface area contributed by atoms with E-state index in [-0.39, 0.29) is 5.54 Å². The number of amidine groups is 1. The van der Waals surface area contributed by atoms with Crippen LogP contribution in [0.25, 0.3) is 0 Å². The van der Waals surface area contributed by atoms with Crippen LogP contribution in [-0.4, -0.2) is 23.6 Å². The lowest BCUT2D eigenvalue weighted by atomic mass is 10.1. The van der Waals surface area contributed by atoms with Gasteiger partial charge in [0, 0.05) is 17.5 Å². The first-order valence-electron chi connectivity index (χ1n) is 5.33. The Hall–Kier alpha value is -0.870. The summed E-state index contributed by atoms with van der Waals surface area (Å²) in [6.45, 7) is 4.24. The van der Waals surface area contributed by atoms with Crippen molar-refractivity contribution < 1.29 is 4.74 Å². The Morgan fingerprint density at radius 3 is 2.82 bits per heavy atom. The number of rotatable bonds is 2. The molecule has 1 aliphatic heterocycles. The second-order valence-corrected chi connectivity index (χ2v) is 5.86. The number of anilines is 1.